The van der Waals surface area contributed by atoms with Crippen molar-refractivity contribution in [1.82, 2.24) is 15.5 Å². The Morgan fingerprint density at radius 1 is 1.44 bits per heavy atom. The van der Waals surface area contributed by atoms with Crippen molar-refractivity contribution >= 4 is 27.9 Å². The predicted molar refractivity (Wildman–Crippen MR) is 70.0 cm³/mol. The van der Waals surface area contributed by atoms with Crippen LogP contribution >= 0.6 is 15.9 Å². The molecule has 7 heteroatoms. The van der Waals surface area contributed by atoms with Gasteiger partial charge < -0.3 is 9.73 Å². The zero-order valence-electron chi connectivity index (χ0n) is 10.3. The van der Waals surface area contributed by atoms with Crippen LogP contribution in [0.3, 0.4) is 0 Å². The van der Waals surface area contributed by atoms with Crippen molar-refractivity contribution in [1.29, 1.82) is 0 Å². The molecule has 0 bridgehead atoms. The number of furan rings is 1. The number of carbonyl (C=O) groups excluding carboxylic acids is 2. The maximum absolute atomic E-state index is 11.3. The first-order chi connectivity index (χ1) is 8.51. The summed E-state index contributed by atoms with van der Waals surface area (Å²) in [6.07, 6.45) is 0.256. The highest BCUT2D eigenvalue weighted by Gasteiger charge is 2.09. The number of nitrogens with zero attached hydrogens (tertiary/aromatic N) is 1. The summed E-state index contributed by atoms with van der Waals surface area (Å²) >= 11 is 3.23. The van der Waals surface area contributed by atoms with E-state index >= 15 is 0 Å². The number of hydrogen-bond donors (Lipinski definition) is 2. The molecule has 18 heavy (non-hydrogen) atoms. The van der Waals surface area contributed by atoms with Gasteiger partial charge in [-0.1, -0.05) is 0 Å². The molecule has 0 aliphatic heterocycles. The molecule has 100 valence electrons. The van der Waals surface area contributed by atoms with E-state index in [0.29, 0.717) is 17.8 Å². The third-order valence-corrected chi connectivity index (χ3v) is 2.68. The molecule has 0 saturated heterocycles. The average molecular weight is 318 g/mol. The number of nitrogens with one attached hydrogen (secondary N) is 2. The molecule has 1 aromatic rings. The van der Waals surface area contributed by atoms with Gasteiger partial charge in [-0.05, 0) is 35.1 Å². The molecule has 1 aromatic heterocycles. The van der Waals surface area contributed by atoms with Crippen LogP contribution in [0.5, 0.6) is 0 Å². The Labute approximate surface area is 114 Å². The van der Waals surface area contributed by atoms with E-state index in [9.17, 15) is 9.59 Å². The van der Waals surface area contributed by atoms with Crippen LogP contribution < -0.4 is 10.6 Å². The first-order valence-corrected chi connectivity index (χ1v) is 6.25. The molecule has 0 atom stereocenters. The van der Waals surface area contributed by atoms with Crippen LogP contribution in [0.25, 0.3) is 0 Å². The maximum Gasteiger partial charge on any atom is 0.321 e. The fraction of sp³-hybridized carbons (Fsp3) is 0.455. The van der Waals surface area contributed by atoms with Gasteiger partial charge in [0.1, 0.15) is 5.76 Å². The van der Waals surface area contributed by atoms with Crippen LogP contribution in [0.1, 0.15) is 12.2 Å². The standard InChI is InChI=1S/C11H16BrN3O3/c1-13-11(17)14-10(16)5-6-15(2)7-8-3-4-9(12)18-8/h3-4H,5-7H2,1-2H3,(H2,13,14,16,17). The summed E-state index contributed by atoms with van der Waals surface area (Å²) in [5.41, 5.74) is 0. The topological polar surface area (TPSA) is 74.6 Å². The quantitative estimate of drug-likeness (QED) is 0.859. The van der Waals surface area contributed by atoms with Crippen molar-refractivity contribution < 1.29 is 14.0 Å². The fourth-order valence-corrected chi connectivity index (χ4v) is 1.67. The number of carbonyl (C=O) groups is 2. The van der Waals surface area contributed by atoms with Crippen molar-refractivity contribution in [3.8, 4) is 0 Å². The van der Waals surface area contributed by atoms with E-state index in [1.807, 2.05) is 24.1 Å². The number of halogens is 1. The summed E-state index contributed by atoms with van der Waals surface area (Å²) in [5.74, 6) is 0.512. The molecule has 0 unspecified atom stereocenters. The molecule has 0 aliphatic rings. The van der Waals surface area contributed by atoms with Crippen LogP contribution in [0.15, 0.2) is 21.2 Å². The lowest BCUT2D eigenvalue weighted by molar-refractivity contribution is -0.120. The highest BCUT2D eigenvalue weighted by atomic mass is 79.9. The summed E-state index contributed by atoms with van der Waals surface area (Å²) in [7, 11) is 3.34. The Hall–Kier alpha value is -1.34. The molecule has 2 N–H and O–H groups in total. The van der Waals surface area contributed by atoms with Crippen molar-refractivity contribution in [2.75, 3.05) is 20.6 Å². The van der Waals surface area contributed by atoms with Gasteiger partial charge in [0.2, 0.25) is 5.91 Å². The molecule has 0 radical (unpaired) electrons. The minimum atomic E-state index is -0.488. The van der Waals surface area contributed by atoms with Crippen LogP contribution in [0, 0.1) is 0 Å². The lowest BCUT2D eigenvalue weighted by Gasteiger charge is -2.14. The van der Waals surface area contributed by atoms with E-state index in [0.717, 1.165) is 5.76 Å². The van der Waals surface area contributed by atoms with Gasteiger partial charge in [-0.25, -0.2) is 4.79 Å². The van der Waals surface area contributed by atoms with Gasteiger partial charge in [-0.3, -0.25) is 15.0 Å². The lowest BCUT2D eigenvalue weighted by atomic mass is 10.3. The van der Waals surface area contributed by atoms with Gasteiger partial charge in [0, 0.05) is 20.0 Å². The van der Waals surface area contributed by atoms with Gasteiger partial charge in [-0.15, -0.1) is 0 Å². The molecule has 1 heterocycles. The minimum absolute atomic E-state index is 0.256. The molecule has 0 fully saturated rings. The van der Waals surface area contributed by atoms with Crippen LogP contribution in [-0.4, -0.2) is 37.5 Å². The highest BCUT2D eigenvalue weighted by Crippen LogP contribution is 2.15. The third kappa shape index (κ3) is 5.33. The second-order valence-electron chi connectivity index (χ2n) is 3.82. The van der Waals surface area contributed by atoms with Crippen molar-refractivity contribution in [3.63, 3.8) is 0 Å². The van der Waals surface area contributed by atoms with Gasteiger partial charge in [-0.2, -0.15) is 0 Å². The largest absolute Gasteiger partial charge is 0.453 e. The number of urea groups is 1. The normalized spacial score (nSPS) is 10.4. The molecular formula is C11H16BrN3O3. The number of amides is 3. The fourth-order valence-electron chi connectivity index (χ4n) is 1.33. The second kappa shape index (κ2) is 7.17. The average Bonchev–Trinajstić information content (AvgIpc) is 2.72. The predicted octanol–water partition coefficient (Wildman–Crippen LogP) is 1.32. The third-order valence-electron chi connectivity index (χ3n) is 2.26. The summed E-state index contributed by atoms with van der Waals surface area (Å²) in [6, 6.07) is 3.20. The Morgan fingerprint density at radius 3 is 2.72 bits per heavy atom. The van der Waals surface area contributed by atoms with Gasteiger partial charge >= 0.3 is 6.03 Å². The van der Waals surface area contributed by atoms with Crippen LogP contribution in [0.2, 0.25) is 0 Å². The molecule has 0 aliphatic carbocycles. The van der Waals surface area contributed by atoms with Crippen LogP contribution in [-0.2, 0) is 11.3 Å². The first kappa shape index (κ1) is 14.7. The summed E-state index contributed by atoms with van der Waals surface area (Å²) in [6.45, 7) is 1.15. The second-order valence-corrected chi connectivity index (χ2v) is 4.60. The molecule has 0 spiro atoms. The van der Waals surface area contributed by atoms with Crippen molar-refractivity contribution in [2.24, 2.45) is 0 Å². The summed E-state index contributed by atoms with van der Waals surface area (Å²) in [5, 5.41) is 4.53. The van der Waals surface area contributed by atoms with E-state index < -0.39 is 6.03 Å². The Kier molecular flexibility index (Phi) is 5.87. The van der Waals surface area contributed by atoms with E-state index in [1.54, 1.807) is 0 Å². The van der Waals surface area contributed by atoms with Gasteiger partial charge in [0.25, 0.3) is 0 Å². The molecule has 6 nitrogen and oxygen atoms in total. The summed E-state index contributed by atoms with van der Waals surface area (Å²) < 4.78 is 6.04. The lowest BCUT2D eigenvalue weighted by Crippen LogP contribution is -2.38. The smallest absolute Gasteiger partial charge is 0.321 e. The van der Waals surface area contributed by atoms with E-state index in [1.165, 1.54) is 7.05 Å². The summed E-state index contributed by atoms with van der Waals surface area (Å²) in [4.78, 5) is 24.2. The number of hydrogen-bond acceptors (Lipinski definition) is 4. The van der Waals surface area contributed by atoms with Gasteiger partial charge in [0.05, 0.1) is 6.54 Å². The van der Waals surface area contributed by atoms with Crippen LogP contribution in [0.4, 0.5) is 4.79 Å². The SMILES string of the molecule is CNC(=O)NC(=O)CCN(C)Cc1ccc(Br)o1. The zero-order valence-corrected chi connectivity index (χ0v) is 11.9. The highest BCUT2D eigenvalue weighted by molar-refractivity contribution is 9.10. The van der Waals surface area contributed by atoms with Gasteiger partial charge in [0.15, 0.2) is 4.67 Å². The molecule has 1 rings (SSSR count). The molecular weight excluding hydrogens is 302 g/mol. The number of rotatable bonds is 5. The molecule has 0 aromatic carbocycles. The minimum Gasteiger partial charge on any atom is -0.453 e. The zero-order chi connectivity index (χ0) is 13.5. The van der Waals surface area contributed by atoms with Crippen molar-refractivity contribution in [3.05, 3.63) is 22.6 Å². The maximum atomic E-state index is 11.3. The Morgan fingerprint density at radius 2 is 2.17 bits per heavy atom. The monoisotopic (exact) mass is 317 g/mol. The number of imide groups is 1. The molecule has 3 amide bonds. The van der Waals surface area contributed by atoms with E-state index in [4.69, 9.17) is 4.42 Å². The van der Waals surface area contributed by atoms with Crippen molar-refractivity contribution in [2.45, 2.75) is 13.0 Å². The molecule has 0 saturated carbocycles. The van der Waals surface area contributed by atoms with E-state index in [-0.39, 0.29) is 12.3 Å². The van der Waals surface area contributed by atoms with E-state index in [2.05, 4.69) is 26.6 Å². The first-order valence-electron chi connectivity index (χ1n) is 5.45. The Balaban J connectivity index is 2.26. The Bertz CT molecular complexity index is 419.